The summed E-state index contributed by atoms with van der Waals surface area (Å²) in [6.07, 6.45) is 2.04. The van der Waals surface area contributed by atoms with Gasteiger partial charge in [0.25, 0.3) is 0 Å². The van der Waals surface area contributed by atoms with Crippen LogP contribution in [0.3, 0.4) is 0 Å². The summed E-state index contributed by atoms with van der Waals surface area (Å²) in [6.45, 7) is 6.62. The van der Waals surface area contributed by atoms with Gasteiger partial charge < -0.3 is 4.57 Å². The van der Waals surface area contributed by atoms with Crippen LogP contribution in [0.15, 0.2) is 17.6 Å². The van der Waals surface area contributed by atoms with Gasteiger partial charge in [0, 0.05) is 38.2 Å². The Morgan fingerprint density at radius 2 is 2.08 bits per heavy atom. The monoisotopic (exact) mass is 267 g/mol. The van der Waals surface area contributed by atoms with Crippen molar-refractivity contribution in [3.05, 3.63) is 23.7 Å². The number of fused-ring (bicyclic) bond motifs is 1. The van der Waals surface area contributed by atoms with E-state index in [9.17, 15) is 0 Å². The number of rotatable bonds is 0. The fraction of sp³-hybridized carbons (Fsp3) is 0.400. The van der Waals surface area contributed by atoms with Crippen molar-refractivity contribution in [3.63, 3.8) is 0 Å². The van der Waals surface area contributed by atoms with E-state index in [4.69, 9.17) is 0 Å². The number of nitrogens with zero attached hydrogens (tertiary/aromatic N) is 1. The third-order valence-electron chi connectivity index (χ3n) is 1.95. The van der Waals surface area contributed by atoms with Crippen molar-refractivity contribution in [2.45, 2.75) is 26.3 Å². The van der Waals surface area contributed by atoms with Crippen LogP contribution in [0, 0.1) is 6.07 Å². The van der Waals surface area contributed by atoms with Crippen LogP contribution in [0.25, 0.3) is 10.2 Å². The Morgan fingerprint density at radius 3 is 2.69 bits per heavy atom. The number of hydrogen-bond donors (Lipinski definition) is 0. The molecule has 0 fully saturated rings. The molecule has 0 saturated heterocycles. The molecule has 3 heteroatoms. The van der Waals surface area contributed by atoms with Crippen molar-refractivity contribution >= 4 is 21.6 Å². The fourth-order valence-corrected chi connectivity index (χ4v) is 2.09. The maximum Gasteiger partial charge on any atom is 0.0180 e. The zero-order valence-corrected chi connectivity index (χ0v) is 11.8. The van der Waals surface area contributed by atoms with E-state index in [1.807, 2.05) is 6.20 Å². The molecule has 0 atom stereocenters. The molecule has 2 aromatic rings. The van der Waals surface area contributed by atoms with Crippen molar-refractivity contribution in [1.82, 2.24) is 4.57 Å². The Hall–Kier alpha value is 0.344. The molecule has 0 aliphatic carbocycles. The predicted octanol–water partition coefficient (Wildman–Crippen LogP) is 3.26. The molecule has 13 heavy (non-hydrogen) atoms. The zero-order chi connectivity index (χ0) is 8.77. The van der Waals surface area contributed by atoms with Gasteiger partial charge in [-0.05, 0) is 26.2 Å². The maximum atomic E-state index is 3.26. The smallest absolute Gasteiger partial charge is 0.0180 e. The minimum atomic E-state index is 0. The van der Waals surface area contributed by atoms with Gasteiger partial charge in [-0.1, -0.05) is 5.52 Å². The third-order valence-corrected chi connectivity index (χ3v) is 2.79. The Kier molecular flexibility index (Phi) is 3.37. The molecule has 2 heterocycles. The minimum absolute atomic E-state index is 0. The normalized spacial score (nSPS) is 11.6. The summed E-state index contributed by atoms with van der Waals surface area (Å²) in [5.41, 5.74) is 1.46. The molecule has 0 N–H and O–H groups in total. The first-order valence-corrected chi connectivity index (χ1v) is 4.94. The molecule has 0 amide bonds. The van der Waals surface area contributed by atoms with Gasteiger partial charge >= 0.3 is 0 Å². The summed E-state index contributed by atoms with van der Waals surface area (Å²) >= 11 is 1.75. The van der Waals surface area contributed by atoms with Crippen molar-refractivity contribution in [1.29, 1.82) is 0 Å². The first-order chi connectivity index (χ1) is 5.59. The van der Waals surface area contributed by atoms with E-state index >= 15 is 0 Å². The molecule has 1 radical (unpaired) electrons. The van der Waals surface area contributed by atoms with Crippen LogP contribution < -0.4 is 0 Å². The molecule has 0 unspecified atom stereocenters. The van der Waals surface area contributed by atoms with Gasteiger partial charge in [-0.25, -0.2) is 6.07 Å². The van der Waals surface area contributed by atoms with Crippen LogP contribution in [0.4, 0.5) is 0 Å². The summed E-state index contributed by atoms with van der Waals surface area (Å²) in [6, 6.07) is 5.41. The van der Waals surface area contributed by atoms with Crippen LogP contribution in [-0.4, -0.2) is 4.57 Å². The van der Waals surface area contributed by atoms with Gasteiger partial charge in [0.15, 0.2) is 0 Å². The summed E-state index contributed by atoms with van der Waals surface area (Å²) in [7, 11) is 0. The Morgan fingerprint density at radius 1 is 1.38 bits per heavy atom. The zero-order valence-electron chi connectivity index (χ0n) is 8.16. The second-order valence-corrected chi connectivity index (χ2v) is 4.87. The molecule has 1 nitrogen and oxygen atoms in total. The van der Waals surface area contributed by atoms with Crippen LogP contribution >= 0.6 is 11.3 Å². The maximum absolute atomic E-state index is 3.26. The molecule has 0 aliphatic rings. The number of thiophene rings is 1. The Labute approximate surface area is 108 Å². The first-order valence-electron chi connectivity index (χ1n) is 4.06. The van der Waals surface area contributed by atoms with Gasteiger partial charge in [0.05, 0.1) is 0 Å². The Bertz CT molecular complexity index is 394. The van der Waals surface area contributed by atoms with Crippen molar-refractivity contribution in [3.8, 4) is 0 Å². The van der Waals surface area contributed by atoms with E-state index < -0.39 is 0 Å². The van der Waals surface area contributed by atoms with Crippen molar-refractivity contribution < 1.29 is 32.7 Å². The average Bonchev–Trinajstić information content (AvgIpc) is 2.37. The molecular formula is C10H12NSY-. The fourth-order valence-electron chi connectivity index (χ4n) is 1.35. The van der Waals surface area contributed by atoms with Gasteiger partial charge in [-0.15, -0.1) is 17.0 Å². The van der Waals surface area contributed by atoms with Crippen LogP contribution in [0.2, 0.25) is 0 Å². The standard InChI is InChI=1S/C10H12NS.Y/c1-10(2,3)11-6-4-9-8(11)5-7-12-9;/h5-7H,1-3H3;/q-1;. The largest absolute Gasteiger partial charge is 0.436 e. The Balaban J connectivity index is 0.000000845. The number of aromatic nitrogens is 1. The van der Waals surface area contributed by atoms with Crippen molar-refractivity contribution in [2.24, 2.45) is 0 Å². The average molecular weight is 267 g/mol. The number of hydrogen-bond acceptors (Lipinski definition) is 1. The van der Waals surface area contributed by atoms with E-state index in [0.717, 1.165) is 0 Å². The summed E-state index contributed by atoms with van der Waals surface area (Å²) in [5, 5.41) is 2.11. The molecule has 67 valence electrons. The second kappa shape index (κ2) is 3.84. The van der Waals surface area contributed by atoms with E-state index in [1.54, 1.807) is 11.3 Å². The summed E-state index contributed by atoms with van der Waals surface area (Å²) in [5.74, 6) is 0. The molecule has 0 bridgehead atoms. The summed E-state index contributed by atoms with van der Waals surface area (Å²) in [4.78, 5) is 0. The van der Waals surface area contributed by atoms with E-state index in [-0.39, 0.29) is 38.2 Å². The molecule has 0 aromatic carbocycles. The molecule has 0 spiro atoms. The van der Waals surface area contributed by atoms with Crippen LogP contribution in [0.5, 0.6) is 0 Å². The summed E-state index contributed by atoms with van der Waals surface area (Å²) < 4.78 is 3.52. The molecule has 2 rings (SSSR count). The van der Waals surface area contributed by atoms with E-state index in [0.29, 0.717) is 0 Å². The molecular weight excluding hydrogens is 255 g/mol. The van der Waals surface area contributed by atoms with Crippen LogP contribution in [0.1, 0.15) is 20.8 Å². The van der Waals surface area contributed by atoms with Gasteiger partial charge in [0.2, 0.25) is 0 Å². The molecule has 0 aliphatic heterocycles. The minimum Gasteiger partial charge on any atom is -0.436 e. The first kappa shape index (κ1) is 11.4. The predicted molar refractivity (Wildman–Crippen MR) is 53.6 cm³/mol. The second-order valence-electron chi connectivity index (χ2n) is 3.95. The van der Waals surface area contributed by atoms with Gasteiger partial charge in [0.1, 0.15) is 0 Å². The molecule has 0 saturated carbocycles. The van der Waals surface area contributed by atoms with Gasteiger partial charge in [-0.2, -0.15) is 11.3 Å². The van der Waals surface area contributed by atoms with E-state index in [2.05, 4.69) is 42.9 Å². The third kappa shape index (κ3) is 2.06. The van der Waals surface area contributed by atoms with Crippen LogP contribution in [-0.2, 0) is 38.2 Å². The van der Waals surface area contributed by atoms with Crippen molar-refractivity contribution in [2.75, 3.05) is 0 Å². The molecule has 2 aromatic heterocycles. The quantitative estimate of drug-likeness (QED) is 0.646. The SMILES string of the molecule is CC(C)(C)n1c[c-]c2sccc21.[Y]. The topological polar surface area (TPSA) is 4.93 Å². The van der Waals surface area contributed by atoms with E-state index in [1.165, 1.54) is 10.2 Å². The van der Waals surface area contributed by atoms with Gasteiger partial charge in [-0.3, -0.25) is 0 Å².